The SMILES string of the molecule is CN1CCN(c2cccc3c2CC[C@H](NC(=O)c2ccc(N4CCOCC4)cc2)C3)CC1. The zero-order chi connectivity index (χ0) is 21.9. The number of hydrogen-bond acceptors (Lipinski definition) is 5. The standard InChI is InChI=1S/C26H34N4O2/c1-28-11-13-30(14-12-28)25-4-2-3-21-19-22(7-10-24(21)25)27-26(31)20-5-8-23(9-6-20)29-15-17-32-18-16-29/h2-6,8-9,22H,7,10-19H2,1H3,(H,27,31)/t22-/m0/s1. The molecule has 170 valence electrons. The van der Waals surface area contributed by atoms with Crippen LogP contribution in [0.4, 0.5) is 11.4 Å². The average molecular weight is 435 g/mol. The van der Waals surface area contributed by atoms with Crippen molar-refractivity contribution < 1.29 is 9.53 Å². The summed E-state index contributed by atoms with van der Waals surface area (Å²) in [6, 6.07) is 14.9. The first-order chi connectivity index (χ1) is 15.7. The highest BCUT2D eigenvalue weighted by Gasteiger charge is 2.25. The average Bonchev–Trinajstić information content (AvgIpc) is 2.85. The molecule has 0 bridgehead atoms. The van der Waals surface area contributed by atoms with Crippen molar-refractivity contribution in [2.75, 3.05) is 69.3 Å². The van der Waals surface area contributed by atoms with Crippen LogP contribution < -0.4 is 15.1 Å². The van der Waals surface area contributed by atoms with E-state index in [-0.39, 0.29) is 11.9 Å². The molecule has 2 saturated heterocycles. The first-order valence-electron chi connectivity index (χ1n) is 12.0. The maximum absolute atomic E-state index is 12.9. The van der Waals surface area contributed by atoms with Crippen LogP contribution in [0.3, 0.4) is 0 Å². The molecule has 5 rings (SSSR count). The molecule has 0 aromatic heterocycles. The molecule has 0 unspecified atom stereocenters. The van der Waals surface area contributed by atoms with Crippen LogP contribution in [0.5, 0.6) is 0 Å². The van der Waals surface area contributed by atoms with Crippen molar-refractivity contribution in [2.45, 2.75) is 25.3 Å². The minimum Gasteiger partial charge on any atom is -0.378 e. The van der Waals surface area contributed by atoms with Gasteiger partial charge in [0.15, 0.2) is 0 Å². The Hall–Kier alpha value is -2.57. The summed E-state index contributed by atoms with van der Waals surface area (Å²) in [6.07, 6.45) is 2.93. The number of fused-ring (bicyclic) bond motifs is 1. The van der Waals surface area contributed by atoms with E-state index in [2.05, 4.69) is 57.4 Å². The number of amides is 1. The van der Waals surface area contributed by atoms with Gasteiger partial charge in [-0.3, -0.25) is 4.79 Å². The van der Waals surface area contributed by atoms with Gasteiger partial charge in [0.25, 0.3) is 5.91 Å². The van der Waals surface area contributed by atoms with Crippen molar-refractivity contribution in [3.63, 3.8) is 0 Å². The lowest BCUT2D eigenvalue weighted by molar-refractivity contribution is 0.0933. The molecule has 2 aromatic carbocycles. The van der Waals surface area contributed by atoms with E-state index in [1.165, 1.54) is 16.8 Å². The Bertz CT molecular complexity index is 931. The van der Waals surface area contributed by atoms with Crippen LogP contribution in [0, 0.1) is 0 Å². The number of carbonyl (C=O) groups is 1. The predicted octanol–water partition coefficient (Wildman–Crippen LogP) is 2.56. The van der Waals surface area contributed by atoms with Gasteiger partial charge in [-0.2, -0.15) is 0 Å². The van der Waals surface area contributed by atoms with Gasteiger partial charge in [-0.15, -0.1) is 0 Å². The van der Waals surface area contributed by atoms with Crippen molar-refractivity contribution in [1.82, 2.24) is 10.2 Å². The van der Waals surface area contributed by atoms with Gasteiger partial charge in [0.05, 0.1) is 13.2 Å². The zero-order valence-corrected chi connectivity index (χ0v) is 19.1. The van der Waals surface area contributed by atoms with Crippen molar-refractivity contribution >= 4 is 17.3 Å². The van der Waals surface area contributed by atoms with E-state index in [0.717, 1.165) is 83.0 Å². The first kappa shape index (κ1) is 21.3. The normalized spacial score (nSPS) is 21.8. The third kappa shape index (κ3) is 4.62. The van der Waals surface area contributed by atoms with Gasteiger partial charge in [-0.25, -0.2) is 0 Å². The summed E-state index contributed by atoms with van der Waals surface area (Å²) >= 11 is 0. The molecule has 2 aromatic rings. The second kappa shape index (κ2) is 9.51. The predicted molar refractivity (Wildman–Crippen MR) is 129 cm³/mol. The Labute approximate surface area is 191 Å². The first-order valence-corrected chi connectivity index (χ1v) is 12.0. The number of anilines is 2. The fourth-order valence-corrected chi connectivity index (χ4v) is 5.17. The molecule has 1 atom stereocenters. The lowest BCUT2D eigenvalue weighted by Gasteiger charge is -2.37. The quantitative estimate of drug-likeness (QED) is 0.802. The Kier molecular flexibility index (Phi) is 6.32. The smallest absolute Gasteiger partial charge is 0.251 e. The molecule has 0 radical (unpaired) electrons. The Morgan fingerprint density at radius 1 is 0.938 bits per heavy atom. The molecule has 1 N–H and O–H groups in total. The second-order valence-corrected chi connectivity index (χ2v) is 9.26. The molecular formula is C26H34N4O2. The minimum atomic E-state index is 0.0298. The lowest BCUT2D eigenvalue weighted by Crippen LogP contribution is -2.45. The van der Waals surface area contributed by atoms with E-state index < -0.39 is 0 Å². The van der Waals surface area contributed by atoms with E-state index in [1.54, 1.807) is 0 Å². The topological polar surface area (TPSA) is 48.0 Å². The van der Waals surface area contributed by atoms with Crippen LogP contribution in [0.1, 0.15) is 27.9 Å². The molecule has 2 heterocycles. The Balaban J connectivity index is 1.21. The highest BCUT2D eigenvalue weighted by Crippen LogP contribution is 2.31. The summed E-state index contributed by atoms with van der Waals surface area (Å²) in [5.41, 5.74) is 6.17. The maximum atomic E-state index is 12.9. The third-order valence-corrected chi connectivity index (χ3v) is 7.14. The number of nitrogens with one attached hydrogen (secondary N) is 1. The number of hydrogen-bond donors (Lipinski definition) is 1. The molecule has 2 fully saturated rings. The molecule has 6 nitrogen and oxygen atoms in total. The largest absolute Gasteiger partial charge is 0.378 e. The summed E-state index contributed by atoms with van der Waals surface area (Å²) < 4.78 is 5.43. The fraction of sp³-hybridized carbons (Fsp3) is 0.500. The van der Waals surface area contributed by atoms with Crippen molar-refractivity contribution in [3.8, 4) is 0 Å². The lowest BCUT2D eigenvalue weighted by atomic mass is 9.86. The third-order valence-electron chi connectivity index (χ3n) is 7.14. The van der Waals surface area contributed by atoms with Crippen LogP contribution in [0.2, 0.25) is 0 Å². The van der Waals surface area contributed by atoms with Crippen LogP contribution in [0.15, 0.2) is 42.5 Å². The monoisotopic (exact) mass is 434 g/mol. The van der Waals surface area contributed by atoms with Gasteiger partial charge < -0.3 is 24.8 Å². The van der Waals surface area contributed by atoms with Crippen LogP contribution >= 0.6 is 0 Å². The number of rotatable bonds is 4. The summed E-state index contributed by atoms with van der Waals surface area (Å²) in [7, 11) is 2.20. The molecule has 6 heteroatoms. The highest BCUT2D eigenvalue weighted by molar-refractivity contribution is 5.94. The minimum absolute atomic E-state index is 0.0298. The zero-order valence-electron chi connectivity index (χ0n) is 19.1. The Morgan fingerprint density at radius 2 is 1.69 bits per heavy atom. The van der Waals surface area contributed by atoms with Crippen molar-refractivity contribution in [1.29, 1.82) is 0 Å². The summed E-state index contributed by atoms with van der Waals surface area (Å²) in [5, 5.41) is 3.29. The summed E-state index contributed by atoms with van der Waals surface area (Å²) in [5.74, 6) is 0.0298. The van der Waals surface area contributed by atoms with E-state index in [9.17, 15) is 4.79 Å². The second-order valence-electron chi connectivity index (χ2n) is 9.26. The molecule has 1 aliphatic carbocycles. The van der Waals surface area contributed by atoms with Crippen LogP contribution in [-0.4, -0.2) is 76.4 Å². The number of nitrogens with zero attached hydrogens (tertiary/aromatic N) is 3. The summed E-state index contributed by atoms with van der Waals surface area (Å²) in [6.45, 7) is 7.76. The van der Waals surface area contributed by atoms with Crippen molar-refractivity contribution in [3.05, 3.63) is 59.2 Å². The molecule has 32 heavy (non-hydrogen) atoms. The molecule has 0 spiro atoms. The van der Waals surface area contributed by atoms with Gasteiger partial charge in [-0.1, -0.05) is 12.1 Å². The van der Waals surface area contributed by atoms with E-state index >= 15 is 0 Å². The van der Waals surface area contributed by atoms with E-state index in [1.807, 2.05) is 12.1 Å². The molecule has 2 aliphatic heterocycles. The van der Waals surface area contributed by atoms with E-state index in [0.29, 0.717) is 0 Å². The van der Waals surface area contributed by atoms with Gasteiger partial charge >= 0.3 is 0 Å². The number of piperazine rings is 1. The number of benzene rings is 2. The van der Waals surface area contributed by atoms with Crippen LogP contribution in [-0.2, 0) is 17.6 Å². The van der Waals surface area contributed by atoms with Crippen LogP contribution in [0.25, 0.3) is 0 Å². The maximum Gasteiger partial charge on any atom is 0.251 e. The summed E-state index contributed by atoms with van der Waals surface area (Å²) in [4.78, 5) is 20.1. The molecular weight excluding hydrogens is 400 g/mol. The number of ether oxygens (including phenoxy) is 1. The number of carbonyl (C=O) groups excluding carboxylic acids is 1. The molecule has 0 saturated carbocycles. The Morgan fingerprint density at radius 3 is 2.44 bits per heavy atom. The van der Waals surface area contributed by atoms with Gasteiger partial charge in [-0.05, 0) is 67.8 Å². The van der Waals surface area contributed by atoms with Gasteiger partial charge in [0, 0.05) is 62.2 Å². The fourth-order valence-electron chi connectivity index (χ4n) is 5.17. The van der Waals surface area contributed by atoms with Gasteiger partial charge in [0.1, 0.15) is 0 Å². The molecule has 3 aliphatic rings. The number of morpholine rings is 1. The highest BCUT2D eigenvalue weighted by atomic mass is 16.5. The van der Waals surface area contributed by atoms with Crippen molar-refractivity contribution in [2.24, 2.45) is 0 Å². The van der Waals surface area contributed by atoms with Gasteiger partial charge in [0.2, 0.25) is 0 Å². The molecule has 1 amide bonds. The van der Waals surface area contributed by atoms with E-state index in [4.69, 9.17) is 4.74 Å². The number of likely N-dealkylation sites (N-methyl/N-ethyl adjacent to an activating group) is 1.